The van der Waals surface area contributed by atoms with Gasteiger partial charge in [0.1, 0.15) is 11.5 Å². The van der Waals surface area contributed by atoms with E-state index in [-0.39, 0.29) is 17.0 Å². The van der Waals surface area contributed by atoms with Crippen LogP contribution in [0.4, 0.5) is 0 Å². The highest BCUT2D eigenvalue weighted by Crippen LogP contribution is 2.36. The molecule has 20 heavy (non-hydrogen) atoms. The van der Waals surface area contributed by atoms with E-state index in [0.717, 1.165) is 25.7 Å². The van der Waals surface area contributed by atoms with Gasteiger partial charge in [-0.2, -0.15) is 0 Å². The molecule has 1 saturated carbocycles. The number of aromatic nitrogens is 1. The standard InChI is InChI=1S/C14H18N2O3S/c1-2-14(6-4-7-14)16-20(18,19)13-9-12(5-3-8-17)10-15-11-13/h9-11,16-17H,2,4,6-8H2,1H3. The van der Waals surface area contributed by atoms with Gasteiger partial charge in [-0.3, -0.25) is 4.98 Å². The number of rotatable bonds is 4. The van der Waals surface area contributed by atoms with Crippen molar-refractivity contribution in [1.29, 1.82) is 0 Å². The van der Waals surface area contributed by atoms with Crippen molar-refractivity contribution in [3.8, 4) is 11.8 Å². The predicted molar refractivity (Wildman–Crippen MR) is 75.4 cm³/mol. The van der Waals surface area contributed by atoms with Crippen LogP contribution in [0.15, 0.2) is 23.4 Å². The highest BCUT2D eigenvalue weighted by molar-refractivity contribution is 7.89. The van der Waals surface area contributed by atoms with Gasteiger partial charge in [0, 0.05) is 23.5 Å². The molecule has 0 aromatic carbocycles. The fourth-order valence-electron chi connectivity index (χ4n) is 2.25. The molecule has 108 valence electrons. The quantitative estimate of drug-likeness (QED) is 0.813. The van der Waals surface area contributed by atoms with Gasteiger partial charge >= 0.3 is 0 Å². The van der Waals surface area contributed by atoms with E-state index in [9.17, 15) is 8.42 Å². The van der Waals surface area contributed by atoms with Crippen LogP contribution >= 0.6 is 0 Å². The molecule has 0 amide bonds. The van der Waals surface area contributed by atoms with Crippen LogP contribution in [0.5, 0.6) is 0 Å². The van der Waals surface area contributed by atoms with Crippen LogP contribution in [0, 0.1) is 11.8 Å². The van der Waals surface area contributed by atoms with Crippen molar-refractivity contribution in [3.05, 3.63) is 24.0 Å². The normalized spacial score (nSPS) is 16.9. The zero-order valence-corrected chi connectivity index (χ0v) is 12.2. The molecule has 1 heterocycles. The summed E-state index contributed by atoms with van der Waals surface area (Å²) in [7, 11) is -3.58. The zero-order valence-electron chi connectivity index (χ0n) is 11.4. The molecule has 0 radical (unpaired) electrons. The summed E-state index contributed by atoms with van der Waals surface area (Å²) in [4.78, 5) is 4.01. The molecule has 2 N–H and O–H groups in total. The van der Waals surface area contributed by atoms with Gasteiger partial charge in [0.05, 0.1) is 0 Å². The van der Waals surface area contributed by atoms with E-state index in [4.69, 9.17) is 5.11 Å². The monoisotopic (exact) mass is 294 g/mol. The molecule has 5 nitrogen and oxygen atoms in total. The van der Waals surface area contributed by atoms with Crippen LogP contribution in [-0.4, -0.2) is 30.7 Å². The first-order valence-corrected chi connectivity index (χ1v) is 8.08. The van der Waals surface area contributed by atoms with Crippen LogP contribution in [0.2, 0.25) is 0 Å². The van der Waals surface area contributed by atoms with Crippen molar-refractivity contribution >= 4 is 10.0 Å². The van der Waals surface area contributed by atoms with E-state index in [1.165, 1.54) is 18.5 Å². The predicted octanol–water partition coefficient (Wildman–Crippen LogP) is 1.04. The number of hydrogen-bond acceptors (Lipinski definition) is 4. The fraction of sp³-hybridized carbons (Fsp3) is 0.500. The minimum atomic E-state index is -3.58. The van der Waals surface area contributed by atoms with Gasteiger partial charge in [0.15, 0.2) is 0 Å². The molecule has 1 aromatic heterocycles. The van der Waals surface area contributed by atoms with E-state index in [1.807, 2.05) is 6.92 Å². The Morgan fingerprint density at radius 1 is 1.45 bits per heavy atom. The second-order valence-corrected chi connectivity index (χ2v) is 6.64. The van der Waals surface area contributed by atoms with E-state index < -0.39 is 10.0 Å². The van der Waals surface area contributed by atoms with E-state index in [0.29, 0.717) is 5.56 Å². The Bertz CT molecular complexity index is 634. The number of nitrogens with one attached hydrogen (secondary N) is 1. The lowest BCUT2D eigenvalue weighted by atomic mass is 9.76. The first-order chi connectivity index (χ1) is 9.51. The van der Waals surface area contributed by atoms with Gasteiger partial charge in [-0.1, -0.05) is 18.8 Å². The van der Waals surface area contributed by atoms with Crippen molar-refractivity contribution in [2.45, 2.75) is 43.0 Å². The summed E-state index contributed by atoms with van der Waals surface area (Å²) >= 11 is 0. The Balaban J connectivity index is 2.25. The molecular formula is C14H18N2O3S. The third-order valence-electron chi connectivity index (χ3n) is 3.67. The summed E-state index contributed by atoms with van der Waals surface area (Å²) in [5.74, 6) is 5.13. The molecule has 1 aromatic rings. The second-order valence-electron chi connectivity index (χ2n) is 4.96. The summed E-state index contributed by atoms with van der Waals surface area (Å²) in [6.45, 7) is 1.72. The average molecular weight is 294 g/mol. The fourth-order valence-corrected chi connectivity index (χ4v) is 3.77. The van der Waals surface area contributed by atoms with Crippen molar-refractivity contribution in [3.63, 3.8) is 0 Å². The number of hydrogen-bond donors (Lipinski definition) is 2. The van der Waals surface area contributed by atoms with Gasteiger partial charge in [0.25, 0.3) is 0 Å². The summed E-state index contributed by atoms with van der Waals surface area (Å²) in [5, 5.41) is 8.66. The molecular weight excluding hydrogens is 276 g/mol. The highest BCUT2D eigenvalue weighted by atomic mass is 32.2. The molecule has 2 rings (SSSR count). The van der Waals surface area contributed by atoms with Crippen molar-refractivity contribution in [2.24, 2.45) is 0 Å². The maximum atomic E-state index is 12.4. The number of aliphatic hydroxyl groups excluding tert-OH is 1. The topological polar surface area (TPSA) is 79.3 Å². The Kier molecular flexibility index (Phi) is 4.43. The highest BCUT2D eigenvalue weighted by Gasteiger charge is 2.39. The molecule has 1 aliphatic carbocycles. The molecule has 1 fully saturated rings. The van der Waals surface area contributed by atoms with E-state index >= 15 is 0 Å². The molecule has 0 bridgehead atoms. The summed E-state index contributed by atoms with van der Waals surface area (Å²) in [5.41, 5.74) is 0.173. The SMILES string of the molecule is CCC1(NS(=O)(=O)c2cncc(C#CCO)c2)CCC1. The van der Waals surface area contributed by atoms with Crippen molar-refractivity contribution < 1.29 is 13.5 Å². The maximum Gasteiger partial charge on any atom is 0.242 e. The van der Waals surface area contributed by atoms with E-state index in [2.05, 4.69) is 21.5 Å². The van der Waals surface area contributed by atoms with Gasteiger partial charge in [-0.15, -0.1) is 0 Å². The summed E-state index contributed by atoms with van der Waals surface area (Å²) in [6, 6.07) is 1.47. The van der Waals surface area contributed by atoms with E-state index in [1.54, 1.807) is 0 Å². The minimum Gasteiger partial charge on any atom is -0.384 e. The Morgan fingerprint density at radius 3 is 2.75 bits per heavy atom. The molecule has 0 saturated heterocycles. The van der Waals surface area contributed by atoms with Crippen LogP contribution in [0.1, 0.15) is 38.2 Å². The van der Waals surface area contributed by atoms with Gasteiger partial charge in [-0.25, -0.2) is 13.1 Å². The van der Waals surface area contributed by atoms with Gasteiger partial charge < -0.3 is 5.11 Å². The lowest BCUT2D eigenvalue weighted by Crippen LogP contribution is -2.52. The molecule has 0 atom stereocenters. The lowest BCUT2D eigenvalue weighted by Gasteiger charge is -2.41. The van der Waals surface area contributed by atoms with Crippen molar-refractivity contribution in [2.75, 3.05) is 6.61 Å². The smallest absolute Gasteiger partial charge is 0.242 e. The maximum absolute atomic E-state index is 12.4. The third kappa shape index (κ3) is 3.18. The largest absolute Gasteiger partial charge is 0.384 e. The Labute approximate surface area is 119 Å². The zero-order chi connectivity index (χ0) is 14.6. The minimum absolute atomic E-state index is 0.113. The first kappa shape index (κ1) is 15.0. The number of nitrogens with zero attached hydrogens (tertiary/aromatic N) is 1. The number of sulfonamides is 1. The van der Waals surface area contributed by atoms with Gasteiger partial charge in [0.2, 0.25) is 10.0 Å². The third-order valence-corrected chi connectivity index (χ3v) is 5.22. The Hall–Kier alpha value is -1.42. The van der Waals surface area contributed by atoms with Crippen LogP contribution in [0.3, 0.4) is 0 Å². The molecule has 0 unspecified atom stereocenters. The molecule has 0 aliphatic heterocycles. The average Bonchev–Trinajstić information content (AvgIpc) is 2.41. The van der Waals surface area contributed by atoms with Crippen LogP contribution in [-0.2, 0) is 10.0 Å². The van der Waals surface area contributed by atoms with Crippen molar-refractivity contribution in [1.82, 2.24) is 9.71 Å². The molecule has 1 aliphatic rings. The number of pyridine rings is 1. The summed E-state index contributed by atoms with van der Waals surface area (Å²) < 4.78 is 27.5. The molecule has 0 spiro atoms. The first-order valence-electron chi connectivity index (χ1n) is 6.60. The van der Waals surface area contributed by atoms with Crippen LogP contribution < -0.4 is 4.72 Å². The Morgan fingerprint density at radius 2 is 2.20 bits per heavy atom. The second kappa shape index (κ2) is 5.92. The van der Waals surface area contributed by atoms with Gasteiger partial charge in [-0.05, 0) is 31.7 Å². The summed E-state index contributed by atoms with van der Waals surface area (Å²) in [6.07, 6.45) is 6.37. The molecule has 6 heteroatoms. The van der Waals surface area contributed by atoms with Crippen LogP contribution in [0.25, 0.3) is 0 Å². The number of aliphatic hydroxyl groups is 1. The lowest BCUT2D eigenvalue weighted by molar-refractivity contribution is 0.214.